The number of ether oxygens (including phenoxy) is 2. The molecular weight excluding hydrogens is 226 g/mol. The van der Waals surface area contributed by atoms with Gasteiger partial charge >= 0.3 is 6.29 Å². The van der Waals surface area contributed by atoms with Crippen LogP contribution in [0.25, 0.3) is 0 Å². The van der Waals surface area contributed by atoms with Gasteiger partial charge in [-0.2, -0.15) is 0 Å². The van der Waals surface area contributed by atoms with Crippen molar-refractivity contribution in [1.29, 1.82) is 0 Å². The summed E-state index contributed by atoms with van der Waals surface area (Å²) < 4.78 is 35.6. The highest BCUT2D eigenvalue weighted by atomic mass is 19.3. The van der Waals surface area contributed by atoms with E-state index in [0.717, 1.165) is 11.1 Å². The maximum absolute atomic E-state index is 13.2. The molecule has 2 nitrogen and oxygen atoms in total. The first kappa shape index (κ1) is 12.1. The van der Waals surface area contributed by atoms with Crippen LogP contribution in [0.5, 0.6) is 11.5 Å². The van der Waals surface area contributed by atoms with Crippen molar-refractivity contribution in [3.63, 3.8) is 0 Å². The Balaban J connectivity index is 2.59. The van der Waals surface area contributed by atoms with E-state index in [1.165, 1.54) is 0 Å². The van der Waals surface area contributed by atoms with E-state index in [0.29, 0.717) is 6.42 Å². The Bertz CT molecular complexity index is 447. The van der Waals surface area contributed by atoms with Crippen LogP contribution in [0.4, 0.5) is 8.78 Å². The summed E-state index contributed by atoms with van der Waals surface area (Å²) in [5.41, 5.74) is 1.21. The first-order chi connectivity index (χ1) is 7.74. The Morgan fingerprint density at radius 2 is 1.71 bits per heavy atom. The summed E-state index contributed by atoms with van der Waals surface area (Å²) in [6.45, 7) is 7.75. The summed E-state index contributed by atoms with van der Waals surface area (Å²) in [7, 11) is 0. The van der Waals surface area contributed by atoms with Gasteiger partial charge in [0.25, 0.3) is 0 Å². The molecule has 0 saturated carbocycles. The minimum absolute atomic E-state index is 0.182. The molecule has 0 aliphatic carbocycles. The molecule has 17 heavy (non-hydrogen) atoms. The molecule has 0 saturated heterocycles. The predicted molar refractivity (Wildman–Crippen MR) is 60.7 cm³/mol. The Morgan fingerprint density at radius 3 is 2.24 bits per heavy atom. The van der Waals surface area contributed by atoms with Crippen molar-refractivity contribution < 1.29 is 18.3 Å². The van der Waals surface area contributed by atoms with Crippen LogP contribution in [0.15, 0.2) is 12.1 Å². The molecule has 0 fully saturated rings. The van der Waals surface area contributed by atoms with E-state index in [1.54, 1.807) is 0 Å². The highest BCUT2D eigenvalue weighted by Crippen LogP contribution is 2.48. The van der Waals surface area contributed by atoms with Crippen LogP contribution in [0, 0.1) is 0 Å². The number of aryl methyl sites for hydroxylation is 1. The first-order valence-electron chi connectivity index (χ1n) is 5.67. The van der Waals surface area contributed by atoms with E-state index < -0.39 is 6.29 Å². The molecular formula is C13H16F2O2. The van der Waals surface area contributed by atoms with Gasteiger partial charge in [-0.15, -0.1) is 8.78 Å². The zero-order chi connectivity index (χ0) is 12.8. The molecule has 1 aromatic rings. The molecule has 1 aliphatic heterocycles. The molecule has 0 spiro atoms. The van der Waals surface area contributed by atoms with Crippen molar-refractivity contribution in [3.8, 4) is 11.5 Å². The summed E-state index contributed by atoms with van der Waals surface area (Å²) >= 11 is 0. The van der Waals surface area contributed by atoms with E-state index in [9.17, 15) is 8.78 Å². The molecule has 0 aromatic heterocycles. The van der Waals surface area contributed by atoms with Gasteiger partial charge in [0.05, 0.1) is 0 Å². The fourth-order valence-corrected chi connectivity index (χ4v) is 1.94. The van der Waals surface area contributed by atoms with E-state index >= 15 is 0 Å². The maximum Gasteiger partial charge on any atom is 0.586 e. The summed E-state index contributed by atoms with van der Waals surface area (Å²) in [5, 5.41) is 0. The Labute approximate surface area is 99.5 Å². The minimum atomic E-state index is -3.55. The minimum Gasteiger partial charge on any atom is -0.395 e. The largest absolute Gasteiger partial charge is 0.586 e. The lowest BCUT2D eigenvalue weighted by atomic mass is 9.85. The van der Waals surface area contributed by atoms with Crippen molar-refractivity contribution in [1.82, 2.24) is 0 Å². The molecule has 1 aromatic carbocycles. The van der Waals surface area contributed by atoms with Crippen LogP contribution in [0.3, 0.4) is 0 Å². The zero-order valence-electron chi connectivity index (χ0n) is 10.4. The van der Waals surface area contributed by atoms with Gasteiger partial charge in [0.15, 0.2) is 11.5 Å². The van der Waals surface area contributed by atoms with Gasteiger partial charge in [-0.1, -0.05) is 39.8 Å². The molecule has 0 radical (unpaired) electrons. The SMILES string of the molecule is CCc1ccc(C(C)(C)C)c2c1OC(F)(F)O2. The first-order valence-corrected chi connectivity index (χ1v) is 5.67. The van der Waals surface area contributed by atoms with Gasteiger partial charge in [-0.05, 0) is 17.4 Å². The summed E-state index contributed by atoms with van der Waals surface area (Å²) in [4.78, 5) is 0. The summed E-state index contributed by atoms with van der Waals surface area (Å²) in [6.07, 6.45) is -2.92. The average Bonchev–Trinajstić information content (AvgIpc) is 2.48. The molecule has 1 heterocycles. The fourth-order valence-electron chi connectivity index (χ4n) is 1.94. The third kappa shape index (κ3) is 2.08. The van der Waals surface area contributed by atoms with Crippen LogP contribution in [0.1, 0.15) is 38.8 Å². The van der Waals surface area contributed by atoms with E-state index in [-0.39, 0.29) is 16.9 Å². The molecule has 94 valence electrons. The summed E-state index contributed by atoms with van der Waals surface area (Å²) in [5.74, 6) is 0.367. The van der Waals surface area contributed by atoms with Crippen molar-refractivity contribution in [2.75, 3.05) is 0 Å². The number of rotatable bonds is 1. The van der Waals surface area contributed by atoms with E-state index in [1.807, 2.05) is 39.8 Å². The third-order valence-corrected chi connectivity index (χ3v) is 2.82. The highest BCUT2D eigenvalue weighted by molar-refractivity contribution is 5.56. The Hall–Kier alpha value is -1.32. The van der Waals surface area contributed by atoms with Gasteiger partial charge in [0.1, 0.15) is 0 Å². The standard InChI is InChI=1S/C13H16F2O2/c1-5-8-6-7-9(12(2,3)4)11-10(8)16-13(14,15)17-11/h6-7H,5H2,1-4H3. The Morgan fingerprint density at radius 1 is 1.12 bits per heavy atom. The molecule has 4 heteroatoms. The Kier molecular flexibility index (Phi) is 2.56. The second-order valence-corrected chi connectivity index (χ2v) is 5.20. The third-order valence-electron chi connectivity index (χ3n) is 2.82. The molecule has 0 N–H and O–H groups in total. The quantitative estimate of drug-likeness (QED) is 0.744. The van der Waals surface area contributed by atoms with Gasteiger partial charge in [-0.25, -0.2) is 0 Å². The second kappa shape index (κ2) is 3.59. The zero-order valence-corrected chi connectivity index (χ0v) is 10.4. The monoisotopic (exact) mass is 242 g/mol. The van der Waals surface area contributed by atoms with Crippen LogP contribution in [0.2, 0.25) is 0 Å². The number of fused-ring (bicyclic) bond motifs is 1. The summed E-state index contributed by atoms with van der Waals surface area (Å²) in [6, 6.07) is 3.66. The van der Waals surface area contributed by atoms with Crippen molar-refractivity contribution in [3.05, 3.63) is 23.3 Å². The van der Waals surface area contributed by atoms with Gasteiger partial charge in [-0.3, -0.25) is 0 Å². The maximum atomic E-state index is 13.2. The highest BCUT2D eigenvalue weighted by Gasteiger charge is 2.46. The molecule has 0 amide bonds. The smallest absolute Gasteiger partial charge is 0.395 e. The number of hydrogen-bond acceptors (Lipinski definition) is 2. The average molecular weight is 242 g/mol. The van der Waals surface area contributed by atoms with Crippen molar-refractivity contribution >= 4 is 0 Å². The van der Waals surface area contributed by atoms with Crippen molar-refractivity contribution in [2.45, 2.75) is 45.8 Å². The van der Waals surface area contributed by atoms with Crippen LogP contribution >= 0.6 is 0 Å². The normalized spacial score (nSPS) is 17.3. The van der Waals surface area contributed by atoms with E-state index in [4.69, 9.17) is 0 Å². The van der Waals surface area contributed by atoms with Crippen LogP contribution in [-0.2, 0) is 11.8 Å². The number of alkyl halides is 2. The lowest BCUT2D eigenvalue weighted by molar-refractivity contribution is -0.287. The van der Waals surface area contributed by atoms with Gasteiger partial charge < -0.3 is 9.47 Å². The number of hydrogen-bond donors (Lipinski definition) is 0. The van der Waals surface area contributed by atoms with E-state index in [2.05, 4.69) is 9.47 Å². The molecule has 0 atom stereocenters. The van der Waals surface area contributed by atoms with Gasteiger partial charge in [0.2, 0.25) is 0 Å². The fraction of sp³-hybridized carbons (Fsp3) is 0.538. The molecule has 0 bridgehead atoms. The second-order valence-electron chi connectivity index (χ2n) is 5.20. The topological polar surface area (TPSA) is 18.5 Å². The van der Waals surface area contributed by atoms with Crippen molar-refractivity contribution in [2.24, 2.45) is 0 Å². The predicted octanol–water partition coefficient (Wildman–Crippen LogP) is 3.87. The van der Waals surface area contributed by atoms with Crippen LogP contribution < -0.4 is 9.47 Å². The van der Waals surface area contributed by atoms with Crippen LogP contribution in [-0.4, -0.2) is 6.29 Å². The molecule has 0 unspecified atom stereocenters. The number of benzene rings is 1. The lowest BCUT2D eigenvalue weighted by Crippen LogP contribution is -2.26. The molecule has 1 aliphatic rings. The molecule has 2 rings (SSSR count). The van der Waals surface area contributed by atoms with Gasteiger partial charge in [0, 0.05) is 5.56 Å². The lowest BCUT2D eigenvalue weighted by Gasteiger charge is -2.21. The number of halogens is 2.